The Morgan fingerprint density at radius 3 is 2.85 bits per heavy atom. The molecule has 2 rings (SSSR count). The van der Waals surface area contributed by atoms with Gasteiger partial charge in [0.15, 0.2) is 0 Å². The van der Waals surface area contributed by atoms with Crippen LogP contribution >= 0.6 is 0 Å². The number of carbonyl (C=O) groups is 1. The molecule has 1 saturated heterocycles. The van der Waals surface area contributed by atoms with E-state index in [1.807, 2.05) is 12.1 Å². The van der Waals surface area contributed by atoms with Crippen LogP contribution in [0.1, 0.15) is 28.8 Å². The maximum atomic E-state index is 12.0. The summed E-state index contributed by atoms with van der Waals surface area (Å²) in [4.78, 5) is 12.0. The molecule has 106 valence electrons. The summed E-state index contributed by atoms with van der Waals surface area (Å²) in [5.74, 6) is 6.15. The first kappa shape index (κ1) is 14.6. The number of aliphatic hydroxyl groups excluding tert-OH is 1. The van der Waals surface area contributed by atoms with Crippen LogP contribution < -0.4 is 5.32 Å². The third-order valence-electron chi connectivity index (χ3n) is 3.19. The largest absolute Gasteiger partial charge is 0.395 e. The average molecular weight is 273 g/mol. The van der Waals surface area contributed by atoms with E-state index < -0.39 is 0 Å². The van der Waals surface area contributed by atoms with Crippen molar-refractivity contribution < 1.29 is 14.6 Å². The fraction of sp³-hybridized carbons (Fsp3) is 0.438. The lowest BCUT2D eigenvalue weighted by Gasteiger charge is -2.09. The molecule has 4 nitrogen and oxygen atoms in total. The van der Waals surface area contributed by atoms with Crippen LogP contribution in [0.4, 0.5) is 0 Å². The topological polar surface area (TPSA) is 58.6 Å². The summed E-state index contributed by atoms with van der Waals surface area (Å²) < 4.78 is 5.27. The minimum absolute atomic E-state index is 0.0632. The van der Waals surface area contributed by atoms with Crippen LogP contribution in [0.5, 0.6) is 0 Å². The first-order chi connectivity index (χ1) is 9.79. The number of hydrogen-bond acceptors (Lipinski definition) is 3. The highest BCUT2D eigenvalue weighted by Gasteiger charge is 2.16. The number of amides is 1. The fourth-order valence-corrected chi connectivity index (χ4v) is 2.01. The Labute approximate surface area is 119 Å². The van der Waals surface area contributed by atoms with Gasteiger partial charge in [-0.1, -0.05) is 11.8 Å². The molecule has 1 aromatic rings. The SMILES string of the molecule is O=C(NCC1CCOC1)c1ccc(C#CCCO)cc1. The summed E-state index contributed by atoms with van der Waals surface area (Å²) in [6.07, 6.45) is 1.48. The predicted octanol–water partition coefficient (Wildman–Crippen LogP) is 1.19. The van der Waals surface area contributed by atoms with Gasteiger partial charge in [-0.25, -0.2) is 0 Å². The van der Waals surface area contributed by atoms with Crippen molar-refractivity contribution in [3.63, 3.8) is 0 Å². The highest BCUT2D eigenvalue weighted by atomic mass is 16.5. The van der Waals surface area contributed by atoms with Crippen LogP contribution in [0.3, 0.4) is 0 Å². The first-order valence-electron chi connectivity index (χ1n) is 6.85. The quantitative estimate of drug-likeness (QED) is 0.810. The summed E-state index contributed by atoms with van der Waals surface area (Å²) in [5, 5.41) is 11.6. The van der Waals surface area contributed by atoms with E-state index in [1.54, 1.807) is 12.1 Å². The Balaban J connectivity index is 1.85. The van der Waals surface area contributed by atoms with E-state index in [0.717, 1.165) is 25.2 Å². The third kappa shape index (κ3) is 4.37. The van der Waals surface area contributed by atoms with Gasteiger partial charge in [0.1, 0.15) is 0 Å². The number of rotatable bonds is 4. The summed E-state index contributed by atoms with van der Waals surface area (Å²) in [6, 6.07) is 7.17. The van der Waals surface area contributed by atoms with Crippen molar-refractivity contribution in [3.05, 3.63) is 35.4 Å². The van der Waals surface area contributed by atoms with Gasteiger partial charge in [0.05, 0.1) is 13.2 Å². The second-order valence-electron chi connectivity index (χ2n) is 4.79. The van der Waals surface area contributed by atoms with Gasteiger partial charge >= 0.3 is 0 Å². The van der Waals surface area contributed by atoms with Crippen molar-refractivity contribution in [1.82, 2.24) is 5.32 Å². The normalized spacial score (nSPS) is 17.4. The van der Waals surface area contributed by atoms with Gasteiger partial charge in [0.2, 0.25) is 0 Å². The highest BCUT2D eigenvalue weighted by Crippen LogP contribution is 2.11. The molecule has 1 atom stereocenters. The monoisotopic (exact) mass is 273 g/mol. The van der Waals surface area contributed by atoms with E-state index in [1.165, 1.54) is 0 Å². The zero-order valence-electron chi connectivity index (χ0n) is 11.4. The van der Waals surface area contributed by atoms with Gasteiger partial charge in [0.25, 0.3) is 5.91 Å². The maximum Gasteiger partial charge on any atom is 0.251 e. The van der Waals surface area contributed by atoms with Crippen LogP contribution in [0.2, 0.25) is 0 Å². The lowest BCUT2D eigenvalue weighted by atomic mass is 10.1. The summed E-state index contributed by atoms with van der Waals surface area (Å²) in [7, 11) is 0. The third-order valence-corrected chi connectivity index (χ3v) is 3.19. The van der Waals surface area contributed by atoms with E-state index in [9.17, 15) is 4.79 Å². The molecule has 1 aliphatic rings. The molecule has 0 spiro atoms. The zero-order valence-corrected chi connectivity index (χ0v) is 11.4. The van der Waals surface area contributed by atoms with Gasteiger partial charge in [0, 0.05) is 36.6 Å². The molecule has 1 fully saturated rings. The minimum Gasteiger partial charge on any atom is -0.395 e. The van der Waals surface area contributed by atoms with Gasteiger partial charge in [-0.05, 0) is 30.7 Å². The van der Waals surface area contributed by atoms with Gasteiger partial charge in [-0.3, -0.25) is 4.79 Å². The smallest absolute Gasteiger partial charge is 0.251 e. The lowest BCUT2D eigenvalue weighted by molar-refractivity contribution is 0.0945. The molecule has 1 heterocycles. The maximum absolute atomic E-state index is 12.0. The molecule has 1 aromatic carbocycles. The van der Waals surface area contributed by atoms with E-state index in [4.69, 9.17) is 9.84 Å². The molecular weight excluding hydrogens is 254 g/mol. The molecule has 1 unspecified atom stereocenters. The number of carbonyl (C=O) groups excluding carboxylic acids is 1. The van der Waals surface area contributed by atoms with Crippen molar-refractivity contribution in [2.75, 3.05) is 26.4 Å². The van der Waals surface area contributed by atoms with Gasteiger partial charge in [-0.15, -0.1) is 0 Å². The van der Waals surface area contributed by atoms with Gasteiger partial charge < -0.3 is 15.2 Å². The van der Waals surface area contributed by atoms with Crippen molar-refractivity contribution >= 4 is 5.91 Å². The van der Waals surface area contributed by atoms with Crippen molar-refractivity contribution in [2.45, 2.75) is 12.8 Å². The van der Waals surface area contributed by atoms with Crippen molar-refractivity contribution in [2.24, 2.45) is 5.92 Å². The van der Waals surface area contributed by atoms with E-state index >= 15 is 0 Å². The molecule has 1 aliphatic heterocycles. The molecular formula is C16H19NO3. The number of benzene rings is 1. The predicted molar refractivity (Wildman–Crippen MR) is 76.3 cm³/mol. The molecule has 0 aliphatic carbocycles. The van der Waals surface area contributed by atoms with Crippen LogP contribution in [0.15, 0.2) is 24.3 Å². The minimum atomic E-state index is -0.0632. The van der Waals surface area contributed by atoms with Crippen molar-refractivity contribution in [1.29, 1.82) is 0 Å². The summed E-state index contributed by atoms with van der Waals surface area (Å²) in [5.41, 5.74) is 1.48. The summed E-state index contributed by atoms with van der Waals surface area (Å²) >= 11 is 0. The van der Waals surface area contributed by atoms with Gasteiger partial charge in [-0.2, -0.15) is 0 Å². The van der Waals surface area contributed by atoms with Crippen LogP contribution in [0.25, 0.3) is 0 Å². The average Bonchev–Trinajstić information content (AvgIpc) is 2.99. The Bertz CT molecular complexity index is 493. The van der Waals surface area contributed by atoms with Crippen LogP contribution in [0, 0.1) is 17.8 Å². The Kier molecular flexibility index (Phi) is 5.60. The lowest BCUT2D eigenvalue weighted by Crippen LogP contribution is -2.29. The summed E-state index contributed by atoms with van der Waals surface area (Å²) in [6.45, 7) is 2.26. The number of aliphatic hydroxyl groups is 1. The van der Waals surface area contributed by atoms with Crippen molar-refractivity contribution in [3.8, 4) is 11.8 Å². The Morgan fingerprint density at radius 2 is 2.20 bits per heavy atom. The zero-order chi connectivity index (χ0) is 14.2. The Morgan fingerprint density at radius 1 is 1.40 bits per heavy atom. The second kappa shape index (κ2) is 7.68. The van der Waals surface area contributed by atoms with Crippen LogP contribution in [-0.4, -0.2) is 37.4 Å². The molecule has 0 aromatic heterocycles. The van der Waals surface area contributed by atoms with Crippen LogP contribution in [-0.2, 0) is 4.74 Å². The Hall–Kier alpha value is -1.83. The molecule has 0 saturated carbocycles. The number of nitrogens with one attached hydrogen (secondary N) is 1. The number of ether oxygens (including phenoxy) is 1. The van der Waals surface area contributed by atoms with E-state index in [0.29, 0.717) is 24.4 Å². The number of hydrogen-bond donors (Lipinski definition) is 2. The molecule has 0 bridgehead atoms. The fourth-order valence-electron chi connectivity index (χ4n) is 2.01. The molecule has 20 heavy (non-hydrogen) atoms. The van der Waals surface area contributed by atoms with E-state index in [2.05, 4.69) is 17.2 Å². The highest BCUT2D eigenvalue weighted by molar-refractivity contribution is 5.94. The second-order valence-corrected chi connectivity index (χ2v) is 4.79. The standard InChI is InChI=1S/C16H19NO3/c18-9-2-1-3-13-4-6-15(7-5-13)16(19)17-11-14-8-10-20-12-14/h4-7,14,18H,2,8-12H2,(H,17,19). The molecule has 4 heteroatoms. The molecule has 2 N–H and O–H groups in total. The molecule has 1 amide bonds. The molecule has 0 radical (unpaired) electrons. The first-order valence-corrected chi connectivity index (χ1v) is 6.85. The van der Waals surface area contributed by atoms with E-state index in [-0.39, 0.29) is 12.5 Å².